The van der Waals surface area contributed by atoms with Gasteiger partial charge in [-0.3, -0.25) is 4.79 Å². The van der Waals surface area contributed by atoms with Crippen LogP contribution in [0.1, 0.15) is 18.4 Å². The molecule has 0 aliphatic carbocycles. The van der Waals surface area contributed by atoms with Gasteiger partial charge in [-0.1, -0.05) is 18.2 Å². The van der Waals surface area contributed by atoms with Gasteiger partial charge in [0.15, 0.2) is 0 Å². The van der Waals surface area contributed by atoms with Crippen molar-refractivity contribution in [3.8, 4) is 5.75 Å². The quantitative estimate of drug-likeness (QED) is 0.840. The van der Waals surface area contributed by atoms with Crippen molar-refractivity contribution in [3.63, 3.8) is 0 Å². The molecular formula is C13H15NO2. The third kappa shape index (κ3) is 2.42. The zero-order valence-electron chi connectivity index (χ0n) is 9.32. The lowest BCUT2D eigenvalue weighted by atomic mass is 10.0. The van der Waals surface area contributed by atoms with Gasteiger partial charge >= 0.3 is 0 Å². The molecule has 3 heteroatoms. The van der Waals surface area contributed by atoms with Crippen molar-refractivity contribution in [2.75, 3.05) is 13.7 Å². The topological polar surface area (TPSA) is 38.3 Å². The second kappa shape index (κ2) is 4.84. The molecule has 16 heavy (non-hydrogen) atoms. The van der Waals surface area contributed by atoms with Gasteiger partial charge in [-0.25, -0.2) is 0 Å². The summed E-state index contributed by atoms with van der Waals surface area (Å²) in [7, 11) is 1.66. The molecule has 1 aromatic rings. The maximum Gasteiger partial charge on any atom is 0.220 e. The number of carbonyl (C=O) groups is 1. The highest BCUT2D eigenvalue weighted by Crippen LogP contribution is 2.27. The zero-order chi connectivity index (χ0) is 11.4. The van der Waals surface area contributed by atoms with E-state index in [0.717, 1.165) is 17.7 Å². The summed E-state index contributed by atoms with van der Waals surface area (Å²) in [6.07, 6.45) is 3.39. The smallest absolute Gasteiger partial charge is 0.220 e. The molecule has 1 heterocycles. The summed E-state index contributed by atoms with van der Waals surface area (Å²) in [6, 6.07) is 7.93. The molecule has 1 aliphatic heterocycles. The Morgan fingerprint density at radius 3 is 3.06 bits per heavy atom. The Labute approximate surface area is 95.1 Å². The van der Waals surface area contributed by atoms with Crippen LogP contribution in [0.5, 0.6) is 5.75 Å². The Kier molecular flexibility index (Phi) is 3.25. The molecule has 84 valence electrons. The molecule has 0 saturated carbocycles. The maximum absolute atomic E-state index is 11.1. The van der Waals surface area contributed by atoms with Crippen LogP contribution in [0.4, 0.5) is 0 Å². The number of hydrogen-bond donors (Lipinski definition) is 1. The van der Waals surface area contributed by atoms with Gasteiger partial charge in [0.05, 0.1) is 0 Å². The molecule has 0 fully saturated rings. The predicted octanol–water partition coefficient (Wildman–Crippen LogP) is 1.99. The summed E-state index contributed by atoms with van der Waals surface area (Å²) in [5, 5.41) is 2.62. The first-order valence-electron chi connectivity index (χ1n) is 5.41. The lowest BCUT2D eigenvalue weighted by Gasteiger charge is -2.17. The van der Waals surface area contributed by atoms with E-state index in [1.165, 1.54) is 5.57 Å². The molecule has 0 radical (unpaired) electrons. The van der Waals surface area contributed by atoms with Crippen LogP contribution in [0.15, 0.2) is 29.8 Å². The van der Waals surface area contributed by atoms with E-state index in [1.54, 1.807) is 7.05 Å². The van der Waals surface area contributed by atoms with Crippen molar-refractivity contribution in [3.05, 3.63) is 35.4 Å². The highest BCUT2D eigenvalue weighted by atomic mass is 16.5. The van der Waals surface area contributed by atoms with Crippen molar-refractivity contribution in [2.24, 2.45) is 0 Å². The summed E-state index contributed by atoms with van der Waals surface area (Å²) in [4.78, 5) is 11.1. The van der Waals surface area contributed by atoms with Gasteiger partial charge in [-0.2, -0.15) is 0 Å². The molecule has 0 aromatic heterocycles. The van der Waals surface area contributed by atoms with Crippen molar-refractivity contribution in [1.82, 2.24) is 5.32 Å². The predicted molar refractivity (Wildman–Crippen MR) is 63.2 cm³/mol. The highest BCUT2D eigenvalue weighted by Gasteiger charge is 2.11. The fraction of sp³-hybridized carbons (Fsp3) is 0.308. The number of benzene rings is 1. The van der Waals surface area contributed by atoms with E-state index in [9.17, 15) is 4.79 Å². The molecule has 0 bridgehead atoms. The molecule has 1 aromatic carbocycles. The van der Waals surface area contributed by atoms with Crippen LogP contribution in [0.25, 0.3) is 6.08 Å². The fourth-order valence-electron chi connectivity index (χ4n) is 1.71. The second-order valence-corrected chi connectivity index (χ2v) is 3.80. The highest BCUT2D eigenvalue weighted by molar-refractivity contribution is 5.76. The number of para-hydroxylation sites is 1. The summed E-state index contributed by atoms with van der Waals surface area (Å²) in [5.74, 6) is 0.992. The lowest BCUT2D eigenvalue weighted by molar-refractivity contribution is -0.120. The minimum absolute atomic E-state index is 0.0692. The average molecular weight is 217 g/mol. The molecule has 1 N–H and O–H groups in total. The molecule has 3 nitrogen and oxygen atoms in total. The average Bonchev–Trinajstić information content (AvgIpc) is 2.35. The Hall–Kier alpha value is -1.77. The molecule has 1 amide bonds. The third-order valence-electron chi connectivity index (χ3n) is 2.64. The van der Waals surface area contributed by atoms with E-state index in [0.29, 0.717) is 13.0 Å². The molecule has 0 atom stereocenters. The normalized spacial score (nSPS) is 13.4. The first-order valence-corrected chi connectivity index (χ1v) is 5.41. The second-order valence-electron chi connectivity index (χ2n) is 3.80. The molecule has 0 saturated heterocycles. The van der Waals surface area contributed by atoms with Crippen LogP contribution < -0.4 is 10.1 Å². The van der Waals surface area contributed by atoms with Crippen LogP contribution >= 0.6 is 0 Å². The maximum atomic E-state index is 11.1. The van der Waals surface area contributed by atoms with E-state index >= 15 is 0 Å². The Morgan fingerprint density at radius 1 is 1.44 bits per heavy atom. The van der Waals surface area contributed by atoms with E-state index < -0.39 is 0 Å². The van der Waals surface area contributed by atoms with Gasteiger partial charge < -0.3 is 10.1 Å². The van der Waals surface area contributed by atoms with Crippen molar-refractivity contribution in [2.45, 2.75) is 12.8 Å². The lowest BCUT2D eigenvalue weighted by Crippen LogP contribution is -2.18. The first kappa shape index (κ1) is 10.7. The van der Waals surface area contributed by atoms with Crippen LogP contribution in [-0.4, -0.2) is 19.6 Å². The van der Waals surface area contributed by atoms with Gasteiger partial charge in [0, 0.05) is 19.0 Å². The number of rotatable bonds is 3. The van der Waals surface area contributed by atoms with E-state index in [-0.39, 0.29) is 5.91 Å². The van der Waals surface area contributed by atoms with Crippen LogP contribution in [0, 0.1) is 0 Å². The van der Waals surface area contributed by atoms with Gasteiger partial charge in [-0.05, 0) is 24.1 Å². The Balaban J connectivity index is 2.04. The SMILES string of the molecule is CNC(=O)CCC1=Cc2ccccc2OC1. The molecule has 1 aliphatic rings. The zero-order valence-corrected chi connectivity index (χ0v) is 9.32. The molecule has 2 rings (SSSR count). The van der Waals surface area contributed by atoms with Crippen LogP contribution in [0.2, 0.25) is 0 Å². The van der Waals surface area contributed by atoms with Gasteiger partial charge in [0.25, 0.3) is 0 Å². The Bertz CT molecular complexity index is 424. The molecular weight excluding hydrogens is 202 g/mol. The van der Waals surface area contributed by atoms with Crippen molar-refractivity contribution < 1.29 is 9.53 Å². The molecule has 0 unspecified atom stereocenters. The summed E-state index contributed by atoms with van der Waals surface area (Å²) >= 11 is 0. The van der Waals surface area contributed by atoms with E-state index in [1.807, 2.05) is 24.3 Å². The van der Waals surface area contributed by atoms with Gasteiger partial charge in [0.2, 0.25) is 5.91 Å². The van der Waals surface area contributed by atoms with Gasteiger partial charge in [0.1, 0.15) is 12.4 Å². The van der Waals surface area contributed by atoms with Crippen molar-refractivity contribution in [1.29, 1.82) is 0 Å². The van der Waals surface area contributed by atoms with Crippen LogP contribution in [0.3, 0.4) is 0 Å². The number of carbonyl (C=O) groups excluding carboxylic acids is 1. The first-order chi connectivity index (χ1) is 7.79. The van der Waals surface area contributed by atoms with Crippen LogP contribution in [-0.2, 0) is 4.79 Å². The monoisotopic (exact) mass is 217 g/mol. The summed E-state index contributed by atoms with van der Waals surface area (Å²) in [6.45, 7) is 0.591. The third-order valence-corrected chi connectivity index (χ3v) is 2.64. The number of hydrogen-bond acceptors (Lipinski definition) is 2. The Morgan fingerprint density at radius 2 is 2.25 bits per heavy atom. The standard InChI is InChI=1S/C13H15NO2/c1-14-13(15)7-6-10-8-11-4-2-3-5-12(11)16-9-10/h2-5,8H,6-7,9H2,1H3,(H,14,15). The number of ether oxygens (including phenoxy) is 1. The summed E-state index contributed by atoms with van der Waals surface area (Å²) < 4.78 is 5.60. The van der Waals surface area contributed by atoms with E-state index in [2.05, 4.69) is 11.4 Å². The minimum Gasteiger partial charge on any atom is -0.489 e. The largest absolute Gasteiger partial charge is 0.489 e. The fourth-order valence-corrected chi connectivity index (χ4v) is 1.71. The number of amides is 1. The number of fused-ring (bicyclic) bond motifs is 1. The van der Waals surface area contributed by atoms with E-state index in [4.69, 9.17) is 4.74 Å². The minimum atomic E-state index is 0.0692. The molecule has 0 spiro atoms. The summed E-state index contributed by atoms with van der Waals surface area (Å²) in [5.41, 5.74) is 2.27. The van der Waals surface area contributed by atoms with Crippen molar-refractivity contribution >= 4 is 12.0 Å². The number of nitrogens with one attached hydrogen (secondary N) is 1. The van der Waals surface area contributed by atoms with Gasteiger partial charge in [-0.15, -0.1) is 0 Å².